The van der Waals surface area contributed by atoms with E-state index in [9.17, 15) is 14.4 Å². The Bertz CT molecular complexity index is 1070. The molecule has 3 aliphatic rings. The number of thioether (sulfide) groups is 1. The van der Waals surface area contributed by atoms with Gasteiger partial charge in [0.25, 0.3) is 5.91 Å². The molecule has 3 heterocycles. The molecule has 31 heavy (non-hydrogen) atoms. The Morgan fingerprint density at radius 3 is 2.68 bits per heavy atom. The summed E-state index contributed by atoms with van der Waals surface area (Å²) in [4.78, 5) is 42.3. The summed E-state index contributed by atoms with van der Waals surface area (Å²) in [5, 5.41) is 2.80. The number of anilines is 2. The van der Waals surface area contributed by atoms with Gasteiger partial charge in [-0.2, -0.15) is 0 Å². The van der Waals surface area contributed by atoms with Crippen LogP contribution in [-0.2, 0) is 9.59 Å². The Labute approximate surface area is 183 Å². The molecule has 0 atom stereocenters. The molecule has 0 saturated carbocycles. The Morgan fingerprint density at radius 2 is 1.84 bits per heavy atom. The molecule has 160 valence electrons. The maximum Gasteiger partial charge on any atom is 0.253 e. The predicted molar refractivity (Wildman–Crippen MR) is 116 cm³/mol. The first-order chi connectivity index (χ1) is 15.1. The van der Waals surface area contributed by atoms with Gasteiger partial charge in [0.05, 0.1) is 11.4 Å². The molecule has 3 amide bonds. The van der Waals surface area contributed by atoms with Gasteiger partial charge in [0.15, 0.2) is 11.5 Å². The average Bonchev–Trinajstić information content (AvgIpc) is 3.46. The molecule has 1 fully saturated rings. The van der Waals surface area contributed by atoms with Gasteiger partial charge in [-0.3, -0.25) is 14.4 Å². The first kappa shape index (κ1) is 19.7. The van der Waals surface area contributed by atoms with E-state index in [4.69, 9.17) is 9.47 Å². The summed E-state index contributed by atoms with van der Waals surface area (Å²) in [6.07, 6.45) is 2.02. The number of hydrogen-bond acceptors (Lipinski definition) is 6. The number of ether oxygens (including phenoxy) is 2. The zero-order valence-electron chi connectivity index (χ0n) is 16.8. The molecule has 2 aromatic rings. The number of amides is 3. The van der Waals surface area contributed by atoms with E-state index in [0.29, 0.717) is 28.4 Å². The standard InChI is InChI=1S/C22H21N3O5S/c26-20(23-15-4-5-17-18(10-15)30-13-29-17)11-25-16-9-14(22(28)24-7-1-2-8-24)3-6-19(16)31-12-21(25)27/h3-6,9-10H,1-2,7-8,11-13H2,(H,23,26). The van der Waals surface area contributed by atoms with Crippen molar-refractivity contribution in [2.45, 2.75) is 17.7 Å². The monoisotopic (exact) mass is 439 g/mol. The van der Waals surface area contributed by atoms with Gasteiger partial charge in [-0.05, 0) is 43.2 Å². The van der Waals surface area contributed by atoms with Crippen molar-refractivity contribution < 1.29 is 23.9 Å². The van der Waals surface area contributed by atoms with E-state index in [1.165, 1.54) is 16.7 Å². The van der Waals surface area contributed by atoms with Crippen LogP contribution in [0.2, 0.25) is 0 Å². The van der Waals surface area contributed by atoms with Gasteiger partial charge in [0.2, 0.25) is 18.6 Å². The summed E-state index contributed by atoms with van der Waals surface area (Å²) in [5.74, 6) is 0.923. The first-order valence-electron chi connectivity index (χ1n) is 10.1. The van der Waals surface area contributed by atoms with Crippen LogP contribution in [0.5, 0.6) is 11.5 Å². The molecule has 3 aliphatic heterocycles. The molecule has 0 aromatic heterocycles. The molecule has 0 unspecified atom stereocenters. The number of hydrogen-bond donors (Lipinski definition) is 1. The van der Waals surface area contributed by atoms with Crippen molar-refractivity contribution in [3.8, 4) is 11.5 Å². The smallest absolute Gasteiger partial charge is 0.253 e. The second-order valence-corrected chi connectivity index (χ2v) is 8.58. The van der Waals surface area contributed by atoms with Crippen molar-refractivity contribution in [2.24, 2.45) is 0 Å². The van der Waals surface area contributed by atoms with Crippen LogP contribution in [0.3, 0.4) is 0 Å². The highest BCUT2D eigenvalue weighted by Crippen LogP contribution is 2.37. The molecule has 5 rings (SSSR count). The average molecular weight is 439 g/mol. The largest absolute Gasteiger partial charge is 0.454 e. The van der Waals surface area contributed by atoms with Crippen molar-refractivity contribution >= 4 is 40.9 Å². The molecule has 0 radical (unpaired) electrons. The predicted octanol–water partition coefficient (Wildman–Crippen LogP) is 2.73. The molecule has 1 N–H and O–H groups in total. The fourth-order valence-electron chi connectivity index (χ4n) is 3.93. The molecule has 8 nitrogen and oxygen atoms in total. The lowest BCUT2D eigenvalue weighted by Crippen LogP contribution is -2.41. The Balaban J connectivity index is 1.34. The van der Waals surface area contributed by atoms with Crippen LogP contribution in [0.15, 0.2) is 41.3 Å². The van der Waals surface area contributed by atoms with E-state index < -0.39 is 0 Å². The Morgan fingerprint density at radius 1 is 1.03 bits per heavy atom. The van der Waals surface area contributed by atoms with Crippen LogP contribution >= 0.6 is 11.8 Å². The summed E-state index contributed by atoms with van der Waals surface area (Å²) in [5.41, 5.74) is 1.70. The number of likely N-dealkylation sites (tertiary alicyclic amines) is 1. The van der Waals surface area contributed by atoms with Crippen molar-refractivity contribution in [1.29, 1.82) is 0 Å². The molecule has 2 aromatic carbocycles. The van der Waals surface area contributed by atoms with Gasteiger partial charge >= 0.3 is 0 Å². The van der Waals surface area contributed by atoms with Crippen LogP contribution in [0.4, 0.5) is 11.4 Å². The topological polar surface area (TPSA) is 88.2 Å². The van der Waals surface area contributed by atoms with Gasteiger partial charge in [-0.15, -0.1) is 11.8 Å². The summed E-state index contributed by atoms with van der Waals surface area (Å²) < 4.78 is 10.6. The summed E-state index contributed by atoms with van der Waals surface area (Å²) in [6, 6.07) is 10.5. The summed E-state index contributed by atoms with van der Waals surface area (Å²) >= 11 is 1.42. The SMILES string of the molecule is O=C(CN1C(=O)CSc2ccc(C(=O)N3CCCC3)cc21)Nc1ccc2c(c1)OCO2. The minimum atomic E-state index is -0.332. The number of carbonyl (C=O) groups excluding carboxylic acids is 3. The molecule has 1 saturated heterocycles. The maximum absolute atomic E-state index is 12.8. The normalized spacial score (nSPS) is 17.0. The van der Waals surface area contributed by atoms with Gasteiger partial charge in [0.1, 0.15) is 6.54 Å². The number of rotatable bonds is 4. The van der Waals surface area contributed by atoms with Crippen LogP contribution in [-0.4, -0.2) is 54.8 Å². The fourth-order valence-corrected chi connectivity index (χ4v) is 4.85. The lowest BCUT2D eigenvalue weighted by molar-refractivity contribution is -0.120. The minimum Gasteiger partial charge on any atom is -0.454 e. The zero-order chi connectivity index (χ0) is 21.4. The van der Waals surface area contributed by atoms with E-state index in [1.807, 2.05) is 11.0 Å². The molecular formula is C22H21N3O5S. The minimum absolute atomic E-state index is 0.0342. The van der Waals surface area contributed by atoms with Crippen molar-refractivity contribution in [3.63, 3.8) is 0 Å². The fraction of sp³-hybridized carbons (Fsp3) is 0.318. The maximum atomic E-state index is 12.8. The Kier molecular flexibility index (Phi) is 5.19. The number of nitrogens with zero attached hydrogens (tertiary/aromatic N) is 2. The highest BCUT2D eigenvalue weighted by Gasteiger charge is 2.29. The van der Waals surface area contributed by atoms with Crippen LogP contribution in [0, 0.1) is 0 Å². The van der Waals surface area contributed by atoms with Crippen molar-refractivity contribution in [2.75, 3.05) is 42.4 Å². The van der Waals surface area contributed by atoms with E-state index in [2.05, 4.69) is 5.32 Å². The number of nitrogens with one attached hydrogen (secondary N) is 1. The van der Waals surface area contributed by atoms with E-state index in [0.717, 1.165) is 30.8 Å². The second-order valence-electron chi connectivity index (χ2n) is 7.57. The third-order valence-electron chi connectivity index (χ3n) is 5.50. The molecule has 0 aliphatic carbocycles. The quantitative estimate of drug-likeness (QED) is 0.788. The number of carbonyl (C=O) groups is 3. The van der Waals surface area contributed by atoms with E-state index in [1.54, 1.807) is 30.3 Å². The molecule has 0 bridgehead atoms. The lowest BCUT2D eigenvalue weighted by Gasteiger charge is -2.29. The summed E-state index contributed by atoms with van der Waals surface area (Å²) in [6.45, 7) is 1.53. The number of fused-ring (bicyclic) bond motifs is 2. The third kappa shape index (κ3) is 3.93. The van der Waals surface area contributed by atoms with Crippen molar-refractivity contribution in [1.82, 2.24) is 4.90 Å². The third-order valence-corrected chi connectivity index (χ3v) is 6.55. The van der Waals surface area contributed by atoms with Gasteiger partial charge in [0, 0.05) is 35.3 Å². The van der Waals surface area contributed by atoms with Crippen molar-refractivity contribution in [3.05, 3.63) is 42.0 Å². The summed E-state index contributed by atoms with van der Waals surface area (Å²) in [7, 11) is 0. The lowest BCUT2D eigenvalue weighted by atomic mass is 10.1. The molecule has 9 heteroatoms. The van der Waals surface area contributed by atoms with Crippen LogP contribution in [0.1, 0.15) is 23.2 Å². The first-order valence-corrected chi connectivity index (χ1v) is 11.1. The number of benzene rings is 2. The highest BCUT2D eigenvalue weighted by atomic mass is 32.2. The van der Waals surface area contributed by atoms with Crippen LogP contribution in [0.25, 0.3) is 0 Å². The van der Waals surface area contributed by atoms with E-state index >= 15 is 0 Å². The van der Waals surface area contributed by atoms with Crippen LogP contribution < -0.4 is 19.7 Å². The highest BCUT2D eigenvalue weighted by molar-refractivity contribution is 8.00. The molecule has 0 spiro atoms. The van der Waals surface area contributed by atoms with Gasteiger partial charge in [-0.25, -0.2) is 0 Å². The molecular weight excluding hydrogens is 418 g/mol. The van der Waals surface area contributed by atoms with Gasteiger partial charge < -0.3 is 24.6 Å². The van der Waals surface area contributed by atoms with Gasteiger partial charge in [-0.1, -0.05) is 0 Å². The van der Waals surface area contributed by atoms with E-state index in [-0.39, 0.29) is 36.8 Å². The second kappa shape index (κ2) is 8.14. The zero-order valence-corrected chi connectivity index (χ0v) is 17.6. The Hall–Kier alpha value is -3.20.